The molecule has 0 amide bonds. The van der Waals surface area contributed by atoms with Crippen LogP contribution in [0.15, 0.2) is 42.0 Å². The van der Waals surface area contributed by atoms with Crippen molar-refractivity contribution in [1.82, 2.24) is 0 Å². The fourth-order valence-electron chi connectivity index (χ4n) is 2.91. The molecule has 1 aromatic carbocycles. The number of allylic oxidation sites excluding steroid dienone is 5. The van der Waals surface area contributed by atoms with Crippen molar-refractivity contribution >= 4 is 11.5 Å². The quantitative estimate of drug-likeness (QED) is 0.444. The van der Waals surface area contributed by atoms with Crippen molar-refractivity contribution in [3.8, 4) is 5.75 Å². The first-order chi connectivity index (χ1) is 12.4. The second-order valence-corrected chi connectivity index (χ2v) is 8.76. The maximum Gasteiger partial charge on any atom is 0.222 e. The lowest BCUT2D eigenvalue weighted by molar-refractivity contribution is -0.377. The Morgan fingerprint density at radius 2 is 1.48 bits per heavy atom. The standard InChI is InChI=1S/C22H28NO4/c1-21(2,3)15-12-17(20(27-7)18(13-15)22(4,5)6)19(24)14-8-10-16(11-9-14)23(25)26/h8-13H,1-7H3,(H-,24,25,26)/q-1. The van der Waals surface area contributed by atoms with E-state index in [9.17, 15) is 15.5 Å². The fraction of sp³-hybridized carbons (Fsp3) is 0.409. The van der Waals surface area contributed by atoms with E-state index in [2.05, 4.69) is 47.6 Å². The molecule has 27 heavy (non-hydrogen) atoms. The number of rotatable bonds is 2. The number of hydrogen-bond donors (Lipinski definition) is 1. The van der Waals surface area contributed by atoms with Crippen LogP contribution >= 0.6 is 0 Å². The zero-order valence-electron chi connectivity index (χ0n) is 17.1. The molecule has 0 bridgehead atoms. The van der Waals surface area contributed by atoms with Gasteiger partial charge in [-0.2, -0.15) is 4.90 Å². The smallest absolute Gasteiger partial charge is 0.222 e. The average molecular weight is 370 g/mol. The normalized spacial score (nSPS) is 14.5. The molecule has 0 aromatic heterocycles. The highest BCUT2D eigenvalue weighted by Crippen LogP contribution is 2.41. The third kappa shape index (κ3) is 4.35. The Kier molecular flexibility index (Phi) is 5.45. The average Bonchev–Trinajstić information content (AvgIpc) is 2.58. The predicted octanol–water partition coefficient (Wildman–Crippen LogP) is 5.13. The van der Waals surface area contributed by atoms with E-state index in [0.29, 0.717) is 16.9 Å². The maximum absolute atomic E-state index is 11.0. The fourth-order valence-corrected chi connectivity index (χ4v) is 2.91. The lowest BCUT2D eigenvalue weighted by Gasteiger charge is -2.29. The first-order valence-electron chi connectivity index (χ1n) is 8.90. The molecule has 5 heteroatoms. The number of aliphatic hydroxyl groups is 1. The van der Waals surface area contributed by atoms with Crippen molar-refractivity contribution in [3.05, 3.63) is 69.1 Å². The molecule has 0 radical (unpaired) electrons. The van der Waals surface area contributed by atoms with Gasteiger partial charge >= 0.3 is 0 Å². The Bertz CT molecular complexity index is 838. The van der Waals surface area contributed by atoms with Crippen molar-refractivity contribution in [2.45, 2.75) is 52.4 Å². The molecule has 0 heterocycles. The molecule has 1 aromatic rings. The van der Waals surface area contributed by atoms with Gasteiger partial charge in [-0.05, 0) is 34.6 Å². The van der Waals surface area contributed by atoms with Crippen molar-refractivity contribution < 1.29 is 14.7 Å². The van der Waals surface area contributed by atoms with Crippen molar-refractivity contribution in [1.29, 1.82) is 0 Å². The Hall–Kier alpha value is -2.69. The van der Waals surface area contributed by atoms with Crippen LogP contribution in [0.2, 0.25) is 0 Å². The largest absolute Gasteiger partial charge is 0.612 e. The Morgan fingerprint density at radius 1 is 0.926 bits per heavy atom. The first-order valence-corrected chi connectivity index (χ1v) is 8.90. The molecule has 0 unspecified atom stereocenters. The zero-order valence-corrected chi connectivity index (χ0v) is 17.1. The molecule has 0 atom stereocenters. The van der Waals surface area contributed by atoms with Gasteiger partial charge in [-0.15, -0.1) is 0 Å². The highest BCUT2D eigenvalue weighted by atomic mass is 16.8. The lowest BCUT2D eigenvalue weighted by atomic mass is 9.78. The highest BCUT2D eigenvalue weighted by Gasteiger charge is 2.27. The van der Waals surface area contributed by atoms with Crippen LogP contribution in [0, 0.1) is 10.4 Å². The second-order valence-electron chi connectivity index (χ2n) is 8.76. The van der Waals surface area contributed by atoms with E-state index in [4.69, 9.17) is 4.74 Å². The molecule has 5 nitrogen and oxygen atoms in total. The second kappa shape index (κ2) is 7.14. The third-order valence-electron chi connectivity index (χ3n) is 4.57. The van der Waals surface area contributed by atoms with Gasteiger partial charge in [0.2, 0.25) is 5.71 Å². The maximum atomic E-state index is 11.0. The van der Waals surface area contributed by atoms with Crippen LogP contribution in [0.25, 0.3) is 5.76 Å². The SMILES string of the molecule is COc1c(C(O)=C2C=CC(=[N+]([O-])[O-])C=C2)cc(C(C)(C)C)cc1C(C)(C)C. The van der Waals surface area contributed by atoms with Gasteiger partial charge < -0.3 is 20.3 Å². The van der Waals surface area contributed by atoms with Gasteiger partial charge in [-0.1, -0.05) is 47.6 Å². The van der Waals surface area contributed by atoms with Gasteiger partial charge in [0.25, 0.3) is 0 Å². The Balaban J connectivity index is 2.76. The number of ether oxygens (including phenoxy) is 1. The number of aliphatic hydroxyl groups excluding tert-OH is 1. The summed E-state index contributed by atoms with van der Waals surface area (Å²) in [6.45, 7) is 12.7. The summed E-state index contributed by atoms with van der Waals surface area (Å²) in [4.78, 5) is -0.459. The van der Waals surface area contributed by atoms with Crippen LogP contribution in [0.5, 0.6) is 5.75 Å². The summed E-state index contributed by atoms with van der Waals surface area (Å²) in [7, 11) is 1.59. The molecule has 2 rings (SSSR count). The van der Waals surface area contributed by atoms with E-state index in [1.807, 2.05) is 6.07 Å². The highest BCUT2D eigenvalue weighted by molar-refractivity contribution is 6.03. The van der Waals surface area contributed by atoms with E-state index in [-0.39, 0.29) is 22.3 Å². The first kappa shape index (κ1) is 20.6. The van der Waals surface area contributed by atoms with Gasteiger partial charge in [-0.25, -0.2) is 0 Å². The van der Waals surface area contributed by atoms with Gasteiger partial charge in [0.05, 0.1) is 12.7 Å². The van der Waals surface area contributed by atoms with Crippen LogP contribution in [-0.2, 0) is 10.8 Å². The summed E-state index contributed by atoms with van der Waals surface area (Å²) in [5, 5.41) is 32.7. The zero-order chi connectivity index (χ0) is 20.6. The summed E-state index contributed by atoms with van der Waals surface area (Å²) >= 11 is 0. The van der Waals surface area contributed by atoms with Crippen LogP contribution < -0.4 is 4.74 Å². The predicted molar refractivity (Wildman–Crippen MR) is 110 cm³/mol. The monoisotopic (exact) mass is 370 g/mol. The topological polar surface area (TPSA) is 78.6 Å². The number of benzene rings is 1. The molecule has 1 aliphatic carbocycles. The van der Waals surface area contributed by atoms with Crippen molar-refractivity contribution in [2.75, 3.05) is 7.11 Å². The molecule has 0 saturated heterocycles. The molecular weight excluding hydrogens is 342 g/mol. The molecule has 0 aliphatic heterocycles. The van der Waals surface area contributed by atoms with Gasteiger partial charge in [0.15, 0.2) is 0 Å². The van der Waals surface area contributed by atoms with E-state index in [1.54, 1.807) is 19.3 Å². The molecule has 1 N–H and O–H groups in total. The minimum Gasteiger partial charge on any atom is -0.612 e. The summed E-state index contributed by atoms with van der Waals surface area (Å²) < 4.78 is 5.69. The molecule has 0 spiro atoms. The molecule has 1 aliphatic rings. The van der Waals surface area contributed by atoms with E-state index >= 15 is 0 Å². The minimum atomic E-state index is -0.459. The summed E-state index contributed by atoms with van der Waals surface area (Å²) in [6, 6.07) is 4.07. The van der Waals surface area contributed by atoms with E-state index < -0.39 is 4.90 Å². The number of nitrogens with zero attached hydrogens (tertiary/aromatic N) is 1. The number of methoxy groups -OCH3 is 1. The van der Waals surface area contributed by atoms with Gasteiger partial charge in [0.1, 0.15) is 11.5 Å². The molecule has 146 valence electrons. The van der Waals surface area contributed by atoms with Gasteiger partial charge in [-0.3, -0.25) is 0 Å². The molecule has 0 saturated carbocycles. The van der Waals surface area contributed by atoms with E-state index in [0.717, 1.165) is 11.1 Å². The van der Waals surface area contributed by atoms with Gasteiger partial charge in [0, 0.05) is 23.3 Å². The van der Waals surface area contributed by atoms with Crippen LogP contribution in [-0.4, -0.2) is 22.8 Å². The van der Waals surface area contributed by atoms with E-state index in [1.165, 1.54) is 12.2 Å². The van der Waals surface area contributed by atoms with Crippen molar-refractivity contribution in [3.63, 3.8) is 0 Å². The summed E-state index contributed by atoms with van der Waals surface area (Å²) in [5.41, 5.74) is 2.86. The van der Waals surface area contributed by atoms with Crippen LogP contribution in [0.3, 0.4) is 0 Å². The summed E-state index contributed by atoms with van der Waals surface area (Å²) in [6.07, 6.45) is 5.87. The van der Waals surface area contributed by atoms with Crippen LogP contribution in [0.4, 0.5) is 0 Å². The Morgan fingerprint density at radius 3 is 1.89 bits per heavy atom. The molecule has 0 fully saturated rings. The Labute approximate surface area is 161 Å². The summed E-state index contributed by atoms with van der Waals surface area (Å²) in [5.74, 6) is 0.657. The third-order valence-corrected chi connectivity index (χ3v) is 4.57. The molecular formula is C22H28NO4-. The minimum absolute atomic E-state index is 0.0164. The number of hydrogen-bond acceptors (Lipinski definition) is 4. The van der Waals surface area contributed by atoms with Crippen LogP contribution in [0.1, 0.15) is 58.2 Å². The lowest BCUT2D eigenvalue weighted by Crippen LogP contribution is -2.18. The van der Waals surface area contributed by atoms with Crippen molar-refractivity contribution in [2.24, 2.45) is 0 Å².